The van der Waals surface area contributed by atoms with Crippen molar-refractivity contribution in [2.24, 2.45) is 11.3 Å². The molecule has 1 aliphatic heterocycles. The first-order valence-corrected chi connectivity index (χ1v) is 9.12. The Balaban J connectivity index is 1.67. The van der Waals surface area contributed by atoms with Gasteiger partial charge in [-0.2, -0.15) is 0 Å². The van der Waals surface area contributed by atoms with Gasteiger partial charge in [-0.15, -0.1) is 0 Å². The third-order valence-corrected chi connectivity index (χ3v) is 6.47. The number of amides is 2. The lowest BCUT2D eigenvalue weighted by Gasteiger charge is -2.57. The van der Waals surface area contributed by atoms with Gasteiger partial charge < -0.3 is 14.5 Å². The lowest BCUT2D eigenvalue weighted by molar-refractivity contribution is -0.176. The second-order valence-corrected chi connectivity index (χ2v) is 7.59. The molecule has 2 amide bonds. The summed E-state index contributed by atoms with van der Waals surface area (Å²) in [5, 5.41) is 0. The number of hydrogen-bond acceptors (Lipinski definition) is 3. The summed E-state index contributed by atoms with van der Waals surface area (Å²) in [5.74, 6) is 0.130. The van der Waals surface area contributed by atoms with Gasteiger partial charge >= 0.3 is 0 Å². The van der Waals surface area contributed by atoms with Crippen molar-refractivity contribution in [2.45, 2.75) is 64.0 Å². The molecule has 130 valence electrons. The standard InChI is InChI=1S/C18H30N2O3/c1-4-23-15-12-14(18(15)8-5-6-9-18)20(3)17(22)13-7-10-19(2)16(21)11-13/h13-15H,4-12H2,1-3H3/t13-,14-,15+/m0/s1. The zero-order chi connectivity index (χ0) is 16.6. The summed E-state index contributed by atoms with van der Waals surface area (Å²) in [6.45, 7) is 3.50. The molecule has 0 bridgehead atoms. The third-order valence-electron chi connectivity index (χ3n) is 6.47. The summed E-state index contributed by atoms with van der Waals surface area (Å²) >= 11 is 0. The highest BCUT2D eigenvalue weighted by molar-refractivity contribution is 5.87. The van der Waals surface area contributed by atoms with Crippen molar-refractivity contribution in [2.75, 3.05) is 27.2 Å². The van der Waals surface area contributed by atoms with Crippen LogP contribution in [-0.2, 0) is 14.3 Å². The van der Waals surface area contributed by atoms with Crippen LogP contribution in [0.2, 0.25) is 0 Å². The molecule has 0 radical (unpaired) electrons. The molecule has 0 aromatic heterocycles. The third kappa shape index (κ3) is 2.77. The largest absolute Gasteiger partial charge is 0.378 e. The van der Waals surface area contributed by atoms with Crippen LogP contribution in [0, 0.1) is 11.3 Å². The molecular formula is C18H30N2O3. The van der Waals surface area contributed by atoms with Crippen LogP contribution in [0.3, 0.4) is 0 Å². The number of carbonyl (C=O) groups is 2. The Hall–Kier alpha value is -1.10. The van der Waals surface area contributed by atoms with Gasteiger partial charge in [0.05, 0.1) is 6.10 Å². The van der Waals surface area contributed by atoms with E-state index in [1.54, 1.807) is 4.90 Å². The van der Waals surface area contributed by atoms with Gasteiger partial charge in [0.15, 0.2) is 0 Å². The summed E-state index contributed by atoms with van der Waals surface area (Å²) in [7, 11) is 3.76. The average molecular weight is 322 g/mol. The molecule has 3 fully saturated rings. The van der Waals surface area contributed by atoms with E-state index in [2.05, 4.69) is 6.92 Å². The molecule has 23 heavy (non-hydrogen) atoms. The maximum atomic E-state index is 12.9. The summed E-state index contributed by atoms with van der Waals surface area (Å²) in [5.41, 5.74) is 0.176. The summed E-state index contributed by atoms with van der Waals surface area (Å²) in [6.07, 6.45) is 7.27. The molecule has 3 rings (SSSR count). The van der Waals surface area contributed by atoms with Gasteiger partial charge in [0, 0.05) is 51.0 Å². The van der Waals surface area contributed by atoms with E-state index in [0.29, 0.717) is 25.1 Å². The SMILES string of the molecule is CCO[C@@H]1C[C@H](N(C)C(=O)[C@H]2CCN(C)C(=O)C2)C12CCCC2. The summed E-state index contributed by atoms with van der Waals surface area (Å²) < 4.78 is 5.95. The van der Waals surface area contributed by atoms with E-state index in [9.17, 15) is 9.59 Å². The quantitative estimate of drug-likeness (QED) is 0.796. The lowest BCUT2D eigenvalue weighted by Crippen LogP contribution is -2.64. The number of likely N-dealkylation sites (tertiary alicyclic amines) is 1. The van der Waals surface area contributed by atoms with E-state index in [1.165, 1.54) is 25.7 Å². The predicted octanol–water partition coefficient (Wildman–Crippen LogP) is 2.05. The van der Waals surface area contributed by atoms with Crippen LogP contribution < -0.4 is 0 Å². The number of nitrogens with zero attached hydrogens (tertiary/aromatic N) is 2. The second kappa shape index (κ2) is 6.42. The zero-order valence-electron chi connectivity index (χ0n) is 14.7. The van der Waals surface area contributed by atoms with Gasteiger partial charge in [-0.25, -0.2) is 0 Å². The van der Waals surface area contributed by atoms with E-state index >= 15 is 0 Å². The number of ether oxygens (including phenoxy) is 1. The first-order valence-electron chi connectivity index (χ1n) is 9.12. The van der Waals surface area contributed by atoms with Crippen molar-refractivity contribution in [1.29, 1.82) is 0 Å². The average Bonchev–Trinajstić information content (AvgIpc) is 3.05. The van der Waals surface area contributed by atoms with E-state index in [1.807, 2.05) is 19.0 Å². The van der Waals surface area contributed by atoms with E-state index in [0.717, 1.165) is 19.4 Å². The monoisotopic (exact) mass is 322 g/mol. The predicted molar refractivity (Wildman–Crippen MR) is 87.9 cm³/mol. The Morgan fingerprint density at radius 2 is 2.09 bits per heavy atom. The van der Waals surface area contributed by atoms with Crippen molar-refractivity contribution in [3.63, 3.8) is 0 Å². The molecule has 2 saturated carbocycles. The molecule has 0 aromatic carbocycles. The Morgan fingerprint density at radius 1 is 1.39 bits per heavy atom. The molecule has 0 unspecified atom stereocenters. The van der Waals surface area contributed by atoms with Crippen LogP contribution in [0.4, 0.5) is 0 Å². The molecular weight excluding hydrogens is 292 g/mol. The van der Waals surface area contributed by atoms with Crippen LogP contribution in [-0.4, -0.2) is 61.0 Å². The zero-order valence-corrected chi connectivity index (χ0v) is 14.7. The fourth-order valence-corrected chi connectivity index (χ4v) is 4.99. The van der Waals surface area contributed by atoms with Crippen molar-refractivity contribution >= 4 is 11.8 Å². The van der Waals surface area contributed by atoms with Gasteiger partial charge in [-0.05, 0) is 32.6 Å². The van der Waals surface area contributed by atoms with Crippen molar-refractivity contribution < 1.29 is 14.3 Å². The highest BCUT2D eigenvalue weighted by Crippen LogP contribution is 2.56. The van der Waals surface area contributed by atoms with Crippen LogP contribution in [0.15, 0.2) is 0 Å². The molecule has 5 nitrogen and oxygen atoms in total. The smallest absolute Gasteiger partial charge is 0.226 e. The first kappa shape index (κ1) is 16.7. The Kier molecular flexibility index (Phi) is 4.68. The Bertz CT molecular complexity index is 473. The minimum atomic E-state index is -0.131. The normalized spacial score (nSPS) is 32.9. The molecule has 0 aromatic rings. The molecule has 5 heteroatoms. The van der Waals surface area contributed by atoms with Crippen LogP contribution in [0.5, 0.6) is 0 Å². The lowest BCUT2D eigenvalue weighted by atomic mass is 9.60. The van der Waals surface area contributed by atoms with Gasteiger partial charge in [-0.1, -0.05) is 12.8 Å². The maximum Gasteiger partial charge on any atom is 0.226 e. The number of rotatable bonds is 4. The van der Waals surface area contributed by atoms with E-state index in [-0.39, 0.29) is 23.1 Å². The number of piperidine rings is 1. The highest BCUT2D eigenvalue weighted by Gasteiger charge is 2.59. The van der Waals surface area contributed by atoms with E-state index in [4.69, 9.17) is 4.74 Å². The second-order valence-electron chi connectivity index (χ2n) is 7.59. The molecule has 3 aliphatic rings. The Labute approximate surface area is 139 Å². The minimum Gasteiger partial charge on any atom is -0.378 e. The van der Waals surface area contributed by atoms with E-state index < -0.39 is 0 Å². The maximum absolute atomic E-state index is 12.9. The molecule has 1 saturated heterocycles. The molecule has 1 spiro atoms. The molecule has 1 heterocycles. The molecule has 3 atom stereocenters. The van der Waals surface area contributed by atoms with Crippen molar-refractivity contribution in [1.82, 2.24) is 9.80 Å². The minimum absolute atomic E-state index is 0.0966. The number of carbonyl (C=O) groups excluding carboxylic acids is 2. The fourth-order valence-electron chi connectivity index (χ4n) is 4.99. The highest BCUT2D eigenvalue weighted by atomic mass is 16.5. The van der Waals surface area contributed by atoms with Crippen molar-refractivity contribution in [3.05, 3.63) is 0 Å². The van der Waals surface area contributed by atoms with Gasteiger partial charge in [-0.3, -0.25) is 9.59 Å². The van der Waals surface area contributed by atoms with Crippen LogP contribution >= 0.6 is 0 Å². The summed E-state index contributed by atoms with van der Waals surface area (Å²) in [6, 6.07) is 0.295. The van der Waals surface area contributed by atoms with Gasteiger partial charge in [0.1, 0.15) is 0 Å². The molecule has 2 aliphatic carbocycles. The topological polar surface area (TPSA) is 49.9 Å². The van der Waals surface area contributed by atoms with Gasteiger partial charge in [0.2, 0.25) is 11.8 Å². The van der Waals surface area contributed by atoms with Crippen LogP contribution in [0.1, 0.15) is 51.9 Å². The van der Waals surface area contributed by atoms with Crippen LogP contribution in [0.25, 0.3) is 0 Å². The summed E-state index contributed by atoms with van der Waals surface area (Å²) in [4.78, 5) is 28.5. The molecule has 0 N–H and O–H groups in total. The number of hydrogen-bond donors (Lipinski definition) is 0. The first-order chi connectivity index (χ1) is 11.0. The fraction of sp³-hybridized carbons (Fsp3) is 0.889. The Morgan fingerprint density at radius 3 is 2.70 bits per heavy atom. The van der Waals surface area contributed by atoms with Gasteiger partial charge in [0.25, 0.3) is 0 Å². The van der Waals surface area contributed by atoms with Crippen molar-refractivity contribution in [3.8, 4) is 0 Å².